The number of hydrogen-bond donors (Lipinski definition) is 0. The Hall–Kier alpha value is -3.28. The maximum atomic E-state index is 12.6. The number of aryl methyl sites for hydroxylation is 2. The van der Waals surface area contributed by atoms with E-state index in [0.29, 0.717) is 11.1 Å². The normalized spacial score (nSPS) is 10.6. The predicted octanol–water partition coefficient (Wildman–Crippen LogP) is 2.33. The maximum absolute atomic E-state index is 12.6. The average Bonchev–Trinajstić information content (AvgIpc) is 2.57. The maximum Gasteiger partial charge on any atom is 0.235 e. The van der Waals surface area contributed by atoms with Crippen LogP contribution in [0.1, 0.15) is 11.1 Å². The largest absolute Gasteiger partial charge is 0.546 e. The van der Waals surface area contributed by atoms with Gasteiger partial charge in [-0.05, 0) is 37.6 Å². The van der Waals surface area contributed by atoms with E-state index in [1.807, 2.05) is 26.0 Å². The Morgan fingerprint density at radius 3 is 2.64 bits per heavy atom. The van der Waals surface area contributed by atoms with Crippen molar-refractivity contribution in [3.8, 4) is 17.2 Å². The molecule has 0 saturated heterocycles. The number of carbonyl (C=O) groups is 1. The fourth-order valence-corrected chi connectivity index (χ4v) is 2.43. The lowest BCUT2D eigenvalue weighted by molar-refractivity contribution is -0.307. The highest BCUT2D eigenvalue weighted by Gasteiger charge is 2.11. The number of rotatable bonds is 5. The fraction of sp³-hybridized carbons (Fsp3) is 0.158. The first kappa shape index (κ1) is 16.6. The molecule has 3 aromatic rings. The minimum atomic E-state index is -1.33. The number of ether oxygens (including phenoxy) is 2. The van der Waals surface area contributed by atoms with Gasteiger partial charge in [-0.2, -0.15) is 0 Å². The number of fused-ring (bicyclic) bond motifs is 1. The van der Waals surface area contributed by atoms with Gasteiger partial charge in [0.1, 0.15) is 30.0 Å². The number of benzene rings is 2. The third-order valence-electron chi connectivity index (χ3n) is 3.62. The summed E-state index contributed by atoms with van der Waals surface area (Å²) in [6.07, 6.45) is 1.23. The summed E-state index contributed by atoms with van der Waals surface area (Å²) in [7, 11) is 0. The molecule has 6 heteroatoms. The zero-order valence-electron chi connectivity index (χ0n) is 13.7. The molecular weight excluding hydrogens is 324 g/mol. The van der Waals surface area contributed by atoms with Gasteiger partial charge in [-0.25, -0.2) is 0 Å². The zero-order valence-corrected chi connectivity index (χ0v) is 13.7. The second kappa shape index (κ2) is 6.68. The second-order valence-corrected chi connectivity index (χ2v) is 5.62. The molecule has 6 nitrogen and oxygen atoms in total. The lowest BCUT2D eigenvalue weighted by atomic mass is 10.1. The summed E-state index contributed by atoms with van der Waals surface area (Å²) < 4.78 is 16.1. The van der Waals surface area contributed by atoms with Crippen LogP contribution in [-0.2, 0) is 4.79 Å². The SMILES string of the molecule is Cc1ccc(Oc2coc3cc(OCC(=O)[O-])ccc3c2=O)c(C)c1. The van der Waals surface area contributed by atoms with Crippen LogP contribution in [0, 0.1) is 13.8 Å². The Morgan fingerprint density at radius 1 is 1.12 bits per heavy atom. The van der Waals surface area contributed by atoms with E-state index in [1.54, 1.807) is 6.07 Å². The highest BCUT2D eigenvalue weighted by atomic mass is 16.5. The molecule has 0 aliphatic heterocycles. The average molecular weight is 339 g/mol. The van der Waals surface area contributed by atoms with Crippen LogP contribution in [-0.4, -0.2) is 12.6 Å². The first-order valence-corrected chi connectivity index (χ1v) is 7.57. The number of carbonyl (C=O) groups excluding carboxylic acids is 1. The fourth-order valence-electron chi connectivity index (χ4n) is 2.43. The first-order valence-electron chi connectivity index (χ1n) is 7.57. The minimum Gasteiger partial charge on any atom is -0.546 e. The van der Waals surface area contributed by atoms with Gasteiger partial charge in [0.25, 0.3) is 0 Å². The third-order valence-corrected chi connectivity index (χ3v) is 3.62. The van der Waals surface area contributed by atoms with Crippen molar-refractivity contribution >= 4 is 16.9 Å². The minimum absolute atomic E-state index is 0.0721. The van der Waals surface area contributed by atoms with E-state index >= 15 is 0 Å². The van der Waals surface area contributed by atoms with E-state index in [-0.39, 0.29) is 22.5 Å². The van der Waals surface area contributed by atoms with Crippen molar-refractivity contribution in [3.63, 3.8) is 0 Å². The lowest BCUT2D eigenvalue weighted by Crippen LogP contribution is -2.28. The quantitative estimate of drug-likeness (QED) is 0.709. The number of carboxylic acid groups (broad SMARTS) is 1. The Morgan fingerprint density at radius 2 is 1.92 bits per heavy atom. The summed E-state index contributed by atoms with van der Waals surface area (Å²) in [6.45, 7) is 3.29. The van der Waals surface area contributed by atoms with Crippen molar-refractivity contribution in [1.29, 1.82) is 0 Å². The van der Waals surface area contributed by atoms with E-state index in [1.165, 1.54) is 24.5 Å². The second-order valence-electron chi connectivity index (χ2n) is 5.62. The van der Waals surface area contributed by atoms with Crippen molar-refractivity contribution in [1.82, 2.24) is 0 Å². The van der Waals surface area contributed by atoms with Gasteiger partial charge in [-0.15, -0.1) is 0 Å². The van der Waals surface area contributed by atoms with Crippen LogP contribution in [0.25, 0.3) is 11.0 Å². The molecule has 3 rings (SSSR count). The summed E-state index contributed by atoms with van der Waals surface area (Å²) in [5.41, 5.74) is 1.95. The lowest BCUT2D eigenvalue weighted by Gasteiger charge is -2.10. The standard InChI is InChI=1S/C19H16O6/c1-11-3-6-15(12(2)7-11)25-17-9-24-16-8-13(23-10-18(20)21)4-5-14(16)19(17)22/h3-9H,10H2,1-2H3,(H,20,21)/p-1. The topological polar surface area (TPSA) is 88.8 Å². The molecule has 0 saturated carbocycles. The molecule has 0 unspecified atom stereocenters. The predicted molar refractivity (Wildman–Crippen MR) is 89.0 cm³/mol. The van der Waals surface area contributed by atoms with Gasteiger partial charge in [-0.3, -0.25) is 4.79 Å². The molecule has 1 heterocycles. The molecule has 25 heavy (non-hydrogen) atoms. The number of hydrogen-bond acceptors (Lipinski definition) is 6. The van der Waals surface area contributed by atoms with Gasteiger partial charge in [0.2, 0.25) is 11.2 Å². The van der Waals surface area contributed by atoms with Gasteiger partial charge in [0.15, 0.2) is 0 Å². The molecule has 0 atom stereocenters. The summed E-state index contributed by atoms with van der Waals surface area (Å²) >= 11 is 0. The van der Waals surface area contributed by atoms with Gasteiger partial charge in [0, 0.05) is 6.07 Å². The summed E-state index contributed by atoms with van der Waals surface area (Å²) in [5.74, 6) is -0.421. The molecule has 1 aromatic heterocycles. The molecule has 0 aliphatic carbocycles. The smallest absolute Gasteiger partial charge is 0.235 e. The van der Waals surface area contributed by atoms with Crippen LogP contribution in [0.3, 0.4) is 0 Å². The summed E-state index contributed by atoms with van der Waals surface area (Å²) in [5, 5.41) is 10.7. The van der Waals surface area contributed by atoms with Crippen molar-refractivity contribution in [2.45, 2.75) is 13.8 Å². The van der Waals surface area contributed by atoms with Crippen LogP contribution in [0.15, 0.2) is 51.9 Å². The van der Waals surface area contributed by atoms with E-state index in [0.717, 1.165) is 11.1 Å². The molecule has 0 amide bonds. The van der Waals surface area contributed by atoms with E-state index in [4.69, 9.17) is 13.9 Å². The highest BCUT2D eigenvalue weighted by molar-refractivity contribution is 5.79. The monoisotopic (exact) mass is 339 g/mol. The zero-order chi connectivity index (χ0) is 18.0. The Kier molecular flexibility index (Phi) is 4.43. The number of carboxylic acids is 1. The Labute approximate surface area is 143 Å². The van der Waals surface area contributed by atoms with E-state index in [2.05, 4.69) is 0 Å². The van der Waals surface area contributed by atoms with Gasteiger partial charge >= 0.3 is 0 Å². The van der Waals surface area contributed by atoms with E-state index in [9.17, 15) is 14.7 Å². The Bertz CT molecular complexity index is 1000. The van der Waals surface area contributed by atoms with Crippen molar-refractivity contribution in [2.24, 2.45) is 0 Å². The van der Waals surface area contributed by atoms with Crippen molar-refractivity contribution < 1.29 is 23.8 Å². The van der Waals surface area contributed by atoms with Crippen molar-refractivity contribution in [3.05, 3.63) is 64.0 Å². The molecule has 0 spiro atoms. The number of aliphatic carboxylic acids is 1. The Balaban J connectivity index is 1.93. The van der Waals surface area contributed by atoms with Crippen LogP contribution >= 0.6 is 0 Å². The van der Waals surface area contributed by atoms with Crippen LogP contribution in [0.2, 0.25) is 0 Å². The van der Waals surface area contributed by atoms with E-state index < -0.39 is 12.6 Å². The highest BCUT2D eigenvalue weighted by Crippen LogP contribution is 2.26. The molecule has 0 radical (unpaired) electrons. The van der Waals surface area contributed by atoms with Crippen LogP contribution < -0.4 is 20.0 Å². The summed E-state index contributed by atoms with van der Waals surface area (Å²) in [4.78, 5) is 23.0. The van der Waals surface area contributed by atoms with Crippen molar-refractivity contribution in [2.75, 3.05) is 6.61 Å². The molecule has 2 aromatic carbocycles. The molecular formula is C19H15O6-. The molecule has 0 N–H and O–H groups in total. The first-order chi connectivity index (χ1) is 11.9. The summed E-state index contributed by atoms with van der Waals surface area (Å²) in [6, 6.07) is 10.1. The van der Waals surface area contributed by atoms with Gasteiger partial charge in [-0.1, -0.05) is 17.7 Å². The van der Waals surface area contributed by atoms with Gasteiger partial charge < -0.3 is 23.8 Å². The molecule has 0 aliphatic rings. The third kappa shape index (κ3) is 3.63. The molecule has 0 fully saturated rings. The van der Waals surface area contributed by atoms with Gasteiger partial charge in [0.05, 0.1) is 11.4 Å². The molecule has 128 valence electrons. The van der Waals surface area contributed by atoms with Crippen LogP contribution in [0.4, 0.5) is 0 Å². The van der Waals surface area contributed by atoms with Crippen LogP contribution in [0.5, 0.6) is 17.2 Å². The molecule has 0 bridgehead atoms.